The van der Waals surface area contributed by atoms with E-state index in [1.807, 2.05) is 20.0 Å². The van der Waals surface area contributed by atoms with Crippen molar-refractivity contribution < 1.29 is 4.79 Å². The summed E-state index contributed by atoms with van der Waals surface area (Å²) in [4.78, 5) is 15.0. The van der Waals surface area contributed by atoms with Crippen LogP contribution in [0.4, 0.5) is 0 Å². The first-order valence-corrected chi connectivity index (χ1v) is 6.43. The molecule has 4 heteroatoms. The first-order valence-electron chi connectivity index (χ1n) is 5.55. The SMILES string of the molecule is CC(CN)C(=O)N(C)C(C)Cc1cccs1. The molecule has 0 aliphatic heterocycles. The molecule has 1 aromatic heterocycles. The van der Waals surface area contributed by atoms with Crippen molar-refractivity contribution in [2.24, 2.45) is 11.7 Å². The summed E-state index contributed by atoms with van der Waals surface area (Å²) in [6.45, 7) is 4.35. The van der Waals surface area contributed by atoms with E-state index in [2.05, 4.69) is 18.4 Å². The summed E-state index contributed by atoms with van der Waals surface area (Å²) >= 11 is 1.73. The standard InChI is InChI=1S/C12H20N2OS/c1-9(8-13)12(15)14(3)10(2)7-11-5-4-6-16-11/h4-6,9-10H,7-8,13H2,1-3H3. The molecule has 0 saturated carbocycles. The van der Waals surface area contributed by atoms with Crippen molar-refractivity contribution in [1.29, 1.82) is 0 Å². The highest BCUT2D eigenvalue weighted by Gasteiger charge is 2.20. The van der Waals surface area contributed by atoms with E-state index >= 15 is 0 Å². The molecule has 2 unspecified atom stereocenters. The molecule has 0 bridgehead atoms. The molecule has 2 atom stereocenters. The summed E-state index contributed by atoms with van der Waals surface area (Å²) in [5, 5.41) is 2.06. The third kappa shape index (κ3) is 3.32. The molecule has 0 radical (unpaired) electrons. The molecule has 16 heavy (non-hydrogen) atoms. The second-order valence-electron chi connectivity index (χ2n) is 4.22. The summed E-state index contributed by atoms with van der Waals surface area (Å²) in [6.07, 6.45) is 0.914. The van der Waals surface area contributed by atoms with Crippen LogP contribution in [0.5, 0.6) is 0 Å². The van der Waals surface area contributed by atoms with Gasteiger partial charge in [0.1, 0.15) is 0 Å². The Hall–Kier alpha value is -0.870. The minimum absolute atomic E-state index is 0.0872. The van der Waals surface area contributed by atoms with Crippen molar-refractivity contribution in [3.8, 4) is 0 Å². The average Bonchev–Trinajstić information content (AvgIpc) is 2.78. The van der Waals surface area contributed by atoms with E-state index in [4.69, 9.17) is 5.73 Å². The molecule has 3 nitrogen and oxygen atoms in total. The van der Waals surface area contributed by atoms with Crippen LogP contribution in [0, 0.1) is 5.92 Å². The molecule has 0 aliphatic carbocycles. The molecule has 2 N–H and O–H groups in total. The quantitative estimate of drug-likeness (QED) is 0.852. The highest BCUT2D eigenvalue weighted by atomic mass is 32.1. The zero-order valence-electron chi connectivity index (χ0n) is 10.1. The summed E-state index contributed by atoms with van der Waals surface area (Å²) < 4.78 is 0. The Morgan fingerprint density at radius 2 is 2.25 bits per heavy atom. The van der Waals surface area contributed by atoms with Gasteiger partial charge in [0.25, 0.3) is 0 Å². The monoisotopic (exact) mass is 240 g/mol. The molecule has 0 spiro atoms. The van der Waals surface area contributed by atoms with E-state index in [9.17, 15) is 4.79 Å². The number of nitrogens with two attached hydrogens (primary N) is 1. The van der Waals surface area contributed by atoms with Crippen LogP contribution in [0.2, 0.25) is 0 Å². The summed E-state index contributed by atoms with van der Waals surface area (Å²) in [5.41, 5.74) is 5.50. The number of hydrogen-bond donors (Lipinski definition) is 1. The van der Waals surface area contributed by atoms with Crippen LogP contribution in [0.1, 0.15) is 18.7 Å². The van der Waals surface area contributed by atoms with E-state index in [1.54, 1.807) is 16.2 Å². The van der Waals surface area contributed by atoms with Crippen LogP contribution in [-0.2, 0) is 11.2 Å². The van der Waals surface area contributed by atoms with Crippen LogP contribution >= 0.6 is 11.3 Å². The fourth-order valence-corrected chi connectivity index (χ4v) is 2.35. The third-order valence-corrected chi connectivity index (χ3v) is 3.76. The normalized spacial score (nSPS) is 14.5. The van der Waals surface area contributed by atoms with E-state index in [0.29, 0.717) is 6.54 Å². The summed E-state index contributed by atoms with van der Waals surface area (Å²) in [6, 6.07) is 4.36. The first kappa shape index (κ1) is 13.2. The van der Waals surface area contributed by atoms with Gasteiger partial charge in [-0.3, -0.25) is 4.79 Å². The van der Waals surface area contributed by atoms with Gasteiger partial charge in [-0.1, -0.05) is 13.0 Å². The highest BCUT2D eigenvalue weighted by Crippen LogP contribution is 2.14. The fourth-order valence-electron chi connectivity index (χ4n) is 1.52. The number of rotatable bonds is 5. The lowest BCUT2D eigenvalue weighted by atomic mass is 10.1. The van der Waals surface area contributed by atoms with Crippen LogP contribution in [0.25, 0.3) is 0 Å². The van der Waals surface area contributed by atoms with E-state index in [-0.39, 0.29) is 17.9 Å². The summed E-state index contributed by atoms with van der Waals surface area (Å²) in [7, 11) is 1.85. The molecule has 90 valence electrons. The predicted molar refractivity (Wildman–Crippen MR) is 68.5 cm³/mol. The van der Waals surface area contributed by atoms with Crippen LogP contribution < -0.4 is 5.73 Å². The second-order valence-corrected chi connectivity index (χ2v) is 5.25. The maximum atomic E-state index is 11.9. The molecule has 1 amide bonds. The van der Waals surface area contributed by atoms with Gasteiger partial charge in [-0.05, 0) is 18.4 Å². The van der Waals surface area contributed by atoms with Gasteiger partial charge in [0.2, 0.25) is 5.91 Å². The molecule has 1 aromatic rings. The van der Waals surface area contributed by atoms with Crippen molar-refractivity contribution in [1.82, 2.24) is 4.90 Å². The van der Waals surface area contributed by atoms with E-state index < -0.39 is 0 Å². The number of carbonyl (C=O) groups is 1. The molecule has 1 rings (SSSR count). The number of hydrogen-bond acceptors (Lipinski definition) is 3. The lowest BCUT2D eigenvalue weighted by molar-refractivity contribution is -0.135. The number of nitrogens with zero attached hydrogens (tertiary/aromatic N) is 1. The molecule has 0 aromatic carbocycles. The molecule has 1 heterocycles. The van der Waals surface area contributed by atoms with Crippen LogP contribution in [-0.4, -0.2) is 30.4 Å². The Morgan fingerprint density at radius 3 is 2.75 bits per heavy atom. The van der Waals surface area contributed by atoms with Gasteiger partial charge in [0, 0.05) is 36.9 Å². The average molecular weight is 240 g/mol. The van der Waals surface area contributed by atoms with Gasteiger partial charge >= 0.3 is 0 Å². The maximum absolute atomic E-state index is 11.9. The number of carbonyl (C=O) groups excluding carboxylic acids is 1. The molecule has 0 aliphatic rings. The van der Waals surface area contributed by atoms with Gasteiger partial charge in [0.05, 0.1) is 0 Å². The maximum Gasteiger partial charge on any atom is 0.226 e. The molecular weight excluding hydrogens is 220 g/mol. The number of likely N-dealkylation sites (N-methyl/N-ethyl adjacent to an activating group) is 1. The van der Waals surface area contributed by atoms with Crippen LogP contribution in [0.15, 0.2) is 17.5 Å². The van der Waals surface area contributed by atoms with Gasteiger partial charge in [-0.15, -0.1) is 11.3 Å². The third-order valence-electron chi connectivity index (χ3n) is 2.86. The van der Waals surface area contributed by atoms with Crippen LogP contribution in [0.3, 0.4) is 0 Å². The minimum atomic E-state index is -0.0872. The Labute approximate surface area is 101 Å². The largest absolute Gasteiger partial charge is 0.342 e. The highest BCUT2D eigenvalue weighted by molar-refractivity contribution is 7.09. The van der Waals surface area contributed by atoms with Crippen molar-refractivity contribution in [2.45, 2.75) is 26.3 Å². The van der Waals surface area contributed by atoms with E-state index in [0.717, 1.165) is 6.42 Å². The van der Waals surface area contributed by atoms with Crippen molar-refractivity contribution >= 4 is 17.2 Å². The number of thiophene rings is 1. The zero-order valence-corrected chi connectivity index (χ0v) is 11.0. The fraction of sp³-hybridized carbons (Fsp3) is 0.583. The number of amides is 1. The Bertz CT molecular complexity index is 324. The lowest BCUT2D eigenvalue weighted by Crippen LogP contribution is -2.41. The van der Waals surface area contributed by atoms with Crippen molar-refractivity contribution in [2.75, 3.05) is 13.6 Å². The zero-order chi connectivity index (χ0) is 12.1. The van der Waals surface area contributed by atoms with E-state index in [1.165, 1.54) is 4.88 Å². The minimum Gasteiger partial charge on any atom is -0.342 e. The first-order chi connectivity index (χ1) is 7.56. The topological polar surface area (TPSA) is 46.3 Å². The van der Waals surface area contributed by atoms with Gasteiger partial charge in [-0.2, -0.15) is 0 Å². The second kappa shape index (κ2) is 6.01. The molecule has 0 saturated heterocycles. The van der Waals surface area contributed by atoms with Crippen molar-refractivity contribution in [3.05, 3.63) is 22.4 Å². The predicted octanol–water partition coefficient (Wildman–Crippen LogP) is 1.73. The van der Waals surface area contributed by atoms with Gasteiger partial charge in [-0.25, -0.2) is 0 Å². The van der Waals surface area contributed by atoms with Gasteiger partial charge in [0.15, 0.2) is 0 Å². The smallest absolute Gasteiger partial charge is 0.226 e. The molecule has 0 fully saturated rings. The molecular formula is C12H20N2OS. The van der Waals surface area contributed by atoms with Crippen molar-refractivity contribution in [3.63, 3.8) is 0 Å². The Kier molecular flexibility index (Phi) is 4.96. The summed E-state index contributed by atoms with van der Waals surface area (Å²) in [5.74, 6) is 0.0438. The Balaban J connectivity index is 2.53. The lowest BCUT2D eigenvalue weighted by Gasteiger charge is -2.27. The Morgan fingerprint density at radius 1 is 1.56 bits per heavy atom. The van der Waals surface area contributed by atoms with Gasteiger partial charge < -0.3 is 10.6 Å².